The lowest BCUT2D eigenvalue weighted by Crippen LogP contribution is -2.37. The van der Waals surface area contributed by atoms with Crippen LogP contribution in [0.5, 0.6) is 5.75 Å². The van der Waals surface area contributed by atoms with Gasteiger partial charge in [0, 0.05) is 29.8 Å². The number of hydrogen-bond donors (Lipinski definition) is 2. The van der Waals surface area contributed by atoms with E-state index in [2.05, 4.69) is 15.6 Å². The molecule has 138 valence electrons. The van der Waals surface area contributed by atoms with E-state index in [0.29, 0.717) is 11.4 Å². The average molecular weight is 368 g/mol. The molecule has 2 N–H and O–H groups in total. The fourth-order valence-corrected chi connectivity index (χ4v) is 2.31. The summed E-state index contributed by atoms with van der Waals surface area (Å²) in [7, 11) is 0. The molecule has 2 aromatic carbocycles. The van der Waals surface area contributed by atoms with Crippen LogP contribution in [0.25, 0.3) is 5.69 Å². The van der Waals surface area contributed by atoms with Gasteiger partial charge in [0.1, 0.15) is 18.2 Å². The summed E-state index contributed by atoms with van der Waals surface area (Å²) < 4.78 is 20.1. The standard InChI is InChI=1S/C19H17FN4O3/c20-14-3-1-6-17(11-14)27-10-8-22-18(25)19(26)23-15-4-2-5-16(12-15)24-9-7-21-13-24/h1-7,9,11-13H,8,10H2,(H,22,25)(H,23,26). The van der Waals surface area contributed by atoms with Crippen LogP contribution in [0.2, 0.25) is 0 Å². The zero-order chi connectivity index (χ0) is 19.1. The molecule has 7 nitrogen and oxygen atoms in total. The van der Waals surface area contributed by atoms with Gasteiger partial charge in [0.05, 0.1) is 12.9 Å². The molecule has 0 aliphatic heterocycles. The zero-order valence-electron chi connectivity index (χ0n) is 14.3. The summed E-state index contributed by atoms with van der Waals surface area (Å²) >= 11 is 0. The van der Waals surface area contributed by atoms with Crippen molar-refractivity contribution in [2.75, 3.05) is 18.5 Å². The van der Waals surface area contributed by atoms with Gasteiger partial charge < -0.3 is 19.9 Å². The zero-order valence-corrected chi connectivity index (χ0v) is 14.3. The second-order valence-corrected chi connectivity index (χ2v) is 5.54. The fraction of sp³-hybridized carbons (Fsp3) is 0.105. The van der Waals surface area contributed by atoms with Crippen molar-refractivity contribution in [1.82, 2.24) is 14.9 Å². The lowest BCUT2D eigenvalue weighted by Gasteiger charge is -2.09. The maximum Gasteiger partial charge on any atom is 0.313 e. The number of benzene rings is 2. The molecular weight excluding hydrogens is 351 g/mol. The van der Waals surface area contributed by atoms with Gasteiger partial charge in [0.2, 0.25) is 0 Å². The minimum absolute atomic E-state index is 0.109. The number of carbonyl (C=O) groups excluding carboxylic acids is 2. The highest BCUT2D eigenvalue weighted by Crippen LogP contribution is 2.14. The van der Waals surface area contributed by atoms with E-state index < -0.39 is 17.6 Å². The molecular formula is C19H17FN4O3. The highest BCUT2D eigenvalue weighted by atomic mass is 19.1. The van der Waals surface area contributed by atoms with Gasteiger partial charge in [-0.2, -0.15) is 0 Å². The molecule has 3 aromatic rings. The van der Waals surface area contributed by atoms with E-state index in [9.17, 15) is 14.0 Å². The van der Waals surface area contributed by atoms with Crippen LogP contribution in [0.4, 0.5) is 10.1 Å². The smallest absolute Gasteiger partial charge is 0.313 e. The van der Waals surface area contributed by atoms with Gasteiger partial charge in [-0.25, -0.2) is 9.37 Å². The quantitative estimate of drug-likeness (QED) is 0.516. The van der Waals surface area contributed by atoms with Crippen molar-refractivity contribution in [3.05, 3.63) is 73.1 Å². The minimum Gasteiger partial charge on any atom is -0.492 e. The number of halogens is 1. The Morgan fingerprint density at radius 2 is 1.96 bits per heavy atom. The van der Waals surface area contributed by atoms with Gasteiger partial charge in [-0.1, -0.05) is 12.1 Å². The molecule has 27 heavy (non-hydrogen) atoms. The van der Waals surface area contributed by atoms with Crippen molar-refractivity contribution >= 4 is 17.5 Å². The van der Waals surface area contributed by atoms with Gasteiger partial charge >= 0.3 is 11.8 Å². The van der Waals surface area contributed by atoms with Crippen LogP contribution in [0.3, 0.4) is 0 Å². The molecule has 3 rings (SSSR count). The number of aromatic nitrogens is 2. The van der Waals surface area contributed by atoms with Crippen molar-refractivity contribution in [2.45, 2.75) is 0 Å². The first-order valence-electron chi connectivity index (χ1n) is 8.18. The Labute approximate surface area is 154 Å². The molecule has 0 spiro atoms. The molecule has 0 saturated heterocycles. The summed E-state index contributed by atoms with van der Waals surface area (Å²) in [5, 5.41) is 4.98. The third-order valence-corrected chi connectivity index (χ3v) is 3.57. The minimum atomic E-state index is -0.788. The van der Waals surface area contributed by atoms with Crippen LogP contribution in [0.1, 0.15) is 0 Å². The lowest BCUT2D eigenvalue weighted by molar-refractivity contribution is -0.136. The Balaban J connectivity index is 1.46. The maximum absolute atomic E-state index is 13.0. The second-order valence-electron chi connectivity index (χ2n) is 5.54. The van der Waals surface area contributed by atoms with E-state index in [-0.39, 0.29) is 13.2 Å². The number of amides is 2. The van der Waals surface area contributed by atoms with E-state index in [1.54, 1.807) is 47.6 Å². The summed E-state index contributed by atoms with van der Waals surface area (Å²) in [4.78, 5) is 27.8. The molecule has 0 bridgehead atoms. The Morgan fingerprint density at radius 1 is 1.11 bits per heavy atom. The molecule has 0 fully saturated rings. The summed E-state index contributed by atoms with van der Waals surface area (Å²) in [6, 6.07) is 12.7. The molecule has 0 radical (unpaired) electrons. The molecule has 0 aliphatic rings. The molecule has 2 amide bonds. The number of nitrogens with zero attached hydrogens (tertiary/aromatic N) is 2. The van der Waals surface area contributed by atoms with Crippen molar-refractivity contribution in [3.8, 4) is 11.4 Å². The van der Waals surface area contributed by atoms with Gasteiger partial charge in [-0.3, -0.25) is 9.59 Å². The highest BCUT2D eigenvalue weighted by Gasteiger charge is 2.13. The Kier molecular flexibility index (Phi) is 5.78. The van der Waals surface area contributed by atoms with E-state index in [1.807, 2.05) is 6.07 Å². The summed E-state index contributed by atoms with van der Waals surface area (Å²) in [5.41, 5.74) is 1.28. The van der Waals surface area contributed by atoms with Crippen molar-refractivity contribution in [2.24, 2.45) is 0 Å². The predicted molar refractivity (Wildman–Crippen MR) is 97.1 cm³/mol. The van der Waals surface area contributed by atoms with Crippen molar-refractivity contribution < 1.29 is 18.7 Å². The Hall–Kier alpha value is -3.68. The van der Waals surface area contributed by atoms with Crippen LogP contribution in [0, 0.1) is 5.82 Å². The number of anilines is 1. The van der Waals surface area contributed by atoms with Crippen LogP contribution in [0.15, 0.2) is 67.3 Å². The number of ether oxygens (including phenoxy) is 1. The fourth-order valence-electron chi connectivity index (χ4n) is 2.31. The number of nitrogens with one attached hydrogen (secondary N) is 2. The first-order chi connectivity index (χ1) is 13.1. The highest BCUT2D eigenvalue weighted by molar-refractivity contribution is 6.39. The SMILES string of the molecule is O=C(NCCOc1cccc(F)c1)C(=O)Nc1cccc(-n2ccnc2)c1. The largest absolute Gasteiger partial charge is 0.492 e. The summed E-state index contributed by atoms with van der Waals surface area (Å²) in [6.07, 6.45) is 5.04. The second kappa shape index (κ2) is 8.61. The van der Waals surface area contributed by atoms with Gasteiger partial charge in [-0.05, 0) is 30.3 Å². The molecule has 0 unspecified atom stereocenters. The molecule has 0 aliphatic carbocycles. The third-order valence-electron chi connectivity index (χ3n) is 3.57. The maximum atomic E-state index is 13.0. The monoisotopic (exact) mass is 368 g/mol. The van der Waals surface area contributed by atoms with E-state index in [0.717, 1.165) is 5.69 Å². The number of imidazole rings is 1. The molecule has 1 heterocycles. The Bertz CT molecular complexity index is 928. The first kappa shape index (κ1) is 18.1. The predicted octanol–water partition coefficient (Wildman–Crippen LogP) is 2.15. The molecule has 8 heteroatoms. The number of carbonyl (C=O) groups is 2. The molecule has 0 saturated carbocycles. The van der Waals surface area contributed by atoms with Crippen LogP contribution < -0.4 is 15.4 Å². The normalized spacial score (nSPS) is 10.3. The van der Waals surface area contributed by atoms with Crippen molar-refractivity contribution in [1.29, 1.82) is 0 Å². The van der Waals surface area contributed by atoms with Gasteiger partial charge in [0.25, 0.3) is 0 Å². The lowest BCUT2D eigenvalue weighted by atomic mass is 10.2. The van der Waals surface area contributed by atoms with Crippen LogP contribution in [-0.2, 0) is 9.59 Å². The first-order valence-corrected chi connectivity index (χ1v) is 8.18. The number of rotatable bonds is 6. The van der Waals surface area contributed by atoms with E-state index in [4.69, 9.17) is 4.74 Å². The summed E-state index contributed by atoms with van der Waals surface area (Å²) in [6.45, 7) is 0.219. The number of hydrogen-bond acceptors (Lipinski definition) is 4. The van der Waals surface area contributed by atoms with Gasteiger partial charge in [0.15, 0.2) is 0 Å². The topological polar surface area (TPSA) is 85.2 Å². The van der Waals surface area contributed by atoms with E-state index in [1.165, 1.54) is 18.2 Å². The van der Waals surface area contributed by atoms with Crippen molar-refractivity contribution in [3.63, 3.8) is 0 Å². The summed E-state index contributed by atoms with van der Waals surface area (Å²) in [5.74, 6) is -1.63. The van der Waals surface area contributed by atoms with Crippen LogP contribution >= 0.6 is 0 Å². The molecule has 0 atom stereocenters. The van der Waals surface area contributed by atoms with Crippen LogP contribution in [-0.4, -0.2) is 34.5 Å². The van der Waals surface area contributed by atoms with E-state index >= 15 is 0 Å². The third kappa shape index (κ3) is 5.15. The van der Waals surface area contributed by atoms with Gasteiger partial charge in [-0.15, -0.1) is 0 Å². The molecule has 1 aromatic heterocycles. The average Bonchev–Trinajstić information content (AvgIpc) is 3.20. The Morgan fingerprint density at radius 3 is 2.74 bits per heavy atom.